The molecule has 1 aromatic heterocycles. The highest BCUT2D eigenvalue weighted by molar-refractivity contribution is 9.10. The van der Waals surface area contributed by atoms with Crippen molar-refractivity contribution in [2.45, 2.75) is 13.5 Å². The summed E-state index contributed by atoms with van der Waals surface area (Å²) in [6, 6.07) is 2.88. The van der Waals surface area contributed by atoms with Crippen LogP contribution in [0.4, 0.5) is 15.8 Å². The Labute approximate surface area is 117 Å². The van der Waals surface area contributed by atoms with E-state index in [4.69, 9.17) is 5.73 Å². The highest BCUT2D eigenvalue weighted by Crippen LogP contribution is 2.24. The summed E-state index contributed by atoms with van der Waals surface area (Å²) in [5.41, 5.74) is 7.20. The Morgan fingerprint density at radius 1 is 1.58 bits per heavy atom. The van der Waals surface area contributed by atoms with Crippen molar-refractivity contribution in [1.29, 1.82) is 0 Å². The highest BCUT2D eigenvalue weighted by Gasteiger charge is 2.09. The summed E-state index contributed by atoms with van der Waals surface area (Å²) in [6.45, 7) is 1.77. The van der Waals surface area contributed by atoms with Gasteiger partial charge in [-0.1, -0.05) is 0 Å². The number of aromatic nitrogens is 2. The highest BCUT2D eigenvalue weighted by atomic mass is 79.9. The Hall–Kier alpha value is -1.89. The van der Waals surface area contributed by atoms with Crippen LogP contribution in [0.15, 0.2) is 29.0 Å². The van der Waals surface area contributed by atoms with Crippen molar-refractivity contribution in [3.63, 3.8) is 0 Å². The summed E-state index contributed by atoms with van der Waals surface area (Å²) in [4.78, 5) is 11.8. The van der Waals surface area contributed by atoms with Gasteiger partial charge in [0.25, 0.3) is 0 Å². The molecule has 5 nitrogen and oxygen atoms in total. The molecule has 0 spiro atoms. The predicted molar refractivity (Wildman–Crippen MR) is 74.1 cm³/mol. The maximum absolute atomic E-state index is 13.3. The van der Waals surface area contributed by atoms with Crippen molar-refractivity contribution >= 4 is 33.2 Å². The first-order chi connectivity index (χ1) is 8.95. The fraction of sp³-hybridized carbons (Fsp3) is 0.167. The third-order valence-electron chi connectivity index (χ3n) is 2.50. The molecular weight excluding hydrogens is 315 g/mol. The van der Waals surface area contributed by atoms with Gasteiger partial charge in [-0.25, -0.2) is 4.39 Å². The average molecular weight is 327 g/mol. The number of hydrogen-bond donors (Lipinski definition) is 2. The molecule has 1 amide bonds. The number of carbonyl (C=O) groups excluding carboxylic acids is 1. The second-order valence-corrected chi connectivity index (χ2v) is 4.95. The summed E-state index contributed by atoms with van der Waals surface area (Å²) in [7, 11) is 0. The third-order valence-corrected chi connectivity index (χ3v) is 3.11. The van der Waals surface area contributed by atoms with E-state index in [-0.39, 0.29) is 18.3 Å². The molecule has 2 rings (SSSR count). The van der Waals surface area contributed by atoms with Crippen molar-refractivity contribution in [2.24, 2.45) is 0 Å². The van der Waals surface area contributed by atoms with Crippen LogP contribution in [0.25, 0.3) is 0 Å². The van der Waals surface area contributed by atoms with Gasteiger partial charge in [0.05, 0.1) is 16.4 Å². The lowest BCUT2D eigenvalue weighted by Crippen LogP contribution is -2.19. The molecule has 19 heavy (non-hydrogen) atoms. The Kier molecular flexibility index (Phi) is 3.84. The number of carbonyl (C=O) groups is 1. The first kappa shape index (κ1) is 13.5. The smallest absolute Gasteiger partial charge is 0.246 e. The number of rotatable bonds is 3. The molecule has 0 fully saturated rings. The van der Waals surface area contributed by atoms with E-state index in [9.17, 15) is 9.18 Å². The van der Waals surface area contributed by atoms with Crippen molar-refractivity contribution in [2.75, 3.05) is 11.1 Å². The van der Waals surface area contributed by atoms with Crippen LogP contribution in [-0.2, 0) is 11.3 Å². The molecule has 0 aliphatic rings. The number of hydrogen-bond acceptors (Lipinski definition) is 3. The Bertz CT molecular complexity index is 626. The zero-order valence-corrected chi connectivity index (χ0v) is 11.7. The number of nitrogens with two attached hydrogens (primary N) is 1. The lowest BCUT2D eigenvalue weighted by molar-refractivity contribution is -0.116. The molecule has 0 atom stereocenters. The topological polar surface area (TPSA) is 72.9 Å². The molecule has 7 heteroatoms. The summed E-state index contributed by atoms with van der Waals surface area (Å²) < 4.78 is 15.0. The average Bonchev–Trinajstić information content (AvgIpc) is 2.71. The molecule has 0 saturated carbocycles. The van der Waals surface area contributed by atoms with Gasteiger partial charge in [-0.3, -0.25) is 9.48 Å². The van der Waals surface area contributed by atoms with Crippen LogP contribution >= 0.6 is 15.9 Å². The van der Waals surface area contributed by atoms with Gasteiger partial charge in [0.2, 0.25) is 5.91 Å². The number of anilines is 2. The number of benzene rings is 1. The van der Waals surface area contributed by atoms with Gasteiger partial charge in [-0.2, -0.15) is 5.10 Å². The summed E-state index contributed by atoms with van der Waals surface area (Å²) in [5.74, 6) is -0.625. The van der Waals surface area contributed by atoms with Crippen molar-refractivity contribution in [1.82, 2.24) is 9.78 Å². The maximum Gasteiger partial charge on any atom is 0.246 e. The van der Waals surface area contributed by atoms with Crippen LogP contribution in [0, 0.1) is 12.7 Å². The summed E-state index contributed by atoms with van der Waals surface area (Å²) >= 11 is 3.08. The fourth-order valence-corrected chi connectivity index (χ4v) is 1.93. The van der Waals surface area contributed by atoms with E-state index in [2.05, 4.69) is 26.3 Å². The van der Waals surface area contributed by atoms with Crippen LogP contribution in [0.3, 0.4) is 0 Å². The van der Waals surface area contributed by atoms with Gasteiger partial charge in [-0.15, -0.1) is 0 Å². The minimum Gasteiger partial charge on any atom is -0.396 e. The van der Waals surface area contributed by atoms with Crippen LogP contribution in [0.5, 0.6) is 0 Å². The van der Waals surface area contributed by atoms with Gasteiger partial charge in [-0.05, 0) is 40.5 Å². The number of amides is 1. The second-order valence-electron chi connectivity index (χ2n) is 4.10. The molecule has 0 saturated heterocycles. The van der Waals surface area contributed by atoms with E-state index in [0.717, 1.165) is 0 Å². The molecule has 3 N–H and O–H groups in total. The van der Waals surface area contributed by atoms with Crippen LogP contribution in [0.1, 0.15) is 5.56 Å². The number of nitrogens with one attached hydrogen (secondary N) is 1. The Morgan fingerprint density at radius 3 is 2.95 bits per heavy atom. The first-order valence-electron chi connectivity index (χ1n) is 5.49. The van der Waals surface area contributed by atoms with Crippen LogP contribution in [0.2, 0.25) is 0 Å². The molecule has 0 aliphatic heterocycles. The molecular formula is C12H12BrFN4O. The second kappa shape index (κ2) is 5.40. The standard InChI is InChI=1S/C12H12BrFN4O/c1-7-2-10(14)9(13)3-11(7)17-12(19)6-18-5-8(15)4-16-18/h2-5H,6,15H2,1H3,(H,17,19). The molecule has 2 aromatic rings. The Morgan fingerprint density at radius 2 is 2.32 bits per heavy atom. The first-order valence-corrected chi connectivity index (χ1v) is 6.28. The largest absolute Gasteiger partial charge is 0.396 e. The molecule has 0 aliphatic carbocycles. The number of halogens is 2. The number of nitrogen functional groups attached to an aromatic ring is 1. The van der Waals surface area contributed by atoms with Gasteiger partial charge < -0.3 is 11.1 Å². The van der Waals surface area contributed by atoms with Gasteiger partial charge in [0.15, 0.2) is 0 Å². The zero-order chi connectivity index (χ0) is 14.0. The SMILES string of the molecule is Cc1cc(F)c(Br)cc1NC(=O)Cn1cc(N)cn1. The summed E-state index contributed by atoms with van der Waals surface area (Å²) in [6.07, 6.45) is 3.03. The van der Waals surface area contributed by atoms with Crippen molar-refractivity contribution in [3.05, 3.63) is 40.4 Å². The minimum absolute atomic E-state index is 0.0473. The lowest BCUT2D eigenvalue weighted by atomic mass is 10.2. The zero-order valence-electron chi connectivity index (χ0n) is 10.2. The van der Waals surface area contributed by atoms with Crippen LogP contribution < -0.4 is 11.1 Å². The van der Waals surface area contributed by atoms with E-state index >= 15 is 0 Å². The van der Waals surface area contributed by atoms with E-state index in [1.807, 2.05) is 0 Å². The quantitative estimate of drug-likeness (QED) is 0.909. The molecule has 0 radical (unpaired) electrons. The minimum atomic E-state index is -0.365. The van der Waals surface area contributed by atoms with Gasteiger partial charge in [0, 0.05) is 11.9 Å². The molecule has 100 valence electrons. The van der Waals surface area contributed by atoms with Crippen LogP contribution in [-0.4, -0.2) is 15.7 Å². The number of nitrogens with zero attached hydrogens (tertiary/aromatic N) is 2. The molecule has 1 aromatic carbocycles. The van der Waals surface area contributed by atoms with E-state index in [1.165, 1.54) is 23.0 Å². The lowest BCUT2D eigenvalue weighted by Gasteiger charge is -2.09. The van der Waals surface area contributed by atoms with E-state index < -0.39 is 0 Å². The van der Waals surface area contributed by atoms with Gasteiger partial charge in [0.1, 0.15) is 12.4 Å². The van der Waals surface area contributed by atoms with E-state index in [0.29, 0.717) is 21.4 Å². The van der Waals surface area contributed by atoms with Crippen molar-refractivity contribution in [3.8, 4) is 0 Å². The fourth-order valence-electron chi connectivity index (χ4n) is 1.58. The third kappa shape index (κ3) is 3.31. The predicted octanol–water partition coefficient (Wildman–Crippen LogP) is 2.31. The van der Waals surface area contributed by atoms with Gasteiger partial charge >= 0.3 is 0 Å². The molecule has 0 bridgehead atoms. The Balaban J connectivity index is 2.09. The summed E-state index contributed by atoms with van der Waals surface area (Å²) in [5, 5.41) is 6.61. The monoisotopic (exact) mass is 326 g/mol. The maximum atomic E-state index is 13.3. The van der Waals surface area contributed by atoms with E-state index in [1.54, 1.807) is 13.1 Å². The normalized spacial score (nSPS) is 10.5. The van der Waals surface area contributed by atoms with Crippen molar-refractivity contribution < 1.29 is 9.18 Å². The molecule has 0 unspecified atom stereocenters. The molecule has 1 heterocycles. The number of aryl methyl sites for hydroxylation is 1.